The Morgan fingerprint density at radius 3 is 2.17 bits per heavy atom. The van der Waals surface area contributed by atoms with Gasteiger partial charge in [0.05, 0.1) is 6.61 Å². The topological polar surface area (TPSA) is 46.2 Å². The van der Waals surface area contributed by atoms with Gasteiger partial charge in [-0.15, -0.1) is 0 Å². The van der Waals surface area contributed by atoms with E-state index in [0.29, 0.717) is 6.61 Å². The lowest BCUT2D eigenvalue weighted by atomic mass is 10.1. The van der Waals surface area contributed by atoms with Gasteiger partial charge in [-0.1, -0.05) is 0 Å². The normalized spacial score (nSPS) is 49.5. The highest BCUT2D eigenvalue weighted by Crippen LogP contribution is 2.42. The summed E-state index contributed by atoms with van der Waals surface area (Å²) < 4.78 is 41.5. The third-order valence-corrected chi connectivity index (χ3v) is 3.43. The summed E-state index contributed by atoms with van der Waals surface area (Å²) in [7, 11) is 0. The summed E-state index contributed by atoms with van der Waals surface area (Å²) in [5.74, 6) is -1.44. The van der Waals surface area contributed by atoms with Gasteiger partial charge in [0, 0.05) is 0 Å². The van der Waals surface area contributed by atoms with Crippen LogP contribution >= 0.6 is 0 Å². The number of rotatable bonds is 1. The maximum absolute atomic E-state index is 13.8. The summed E-state index contributed by atoms with van der Waals surface area (Å²) >= 11 is 0. The van der Waals surface area contributed by atoms with E-state index >= 15 is 0 Å². The van der Waals surface area contributed by atoms with Crippen LogP contribution in [0.15, 0.2) is 0 Å². The third kappa shape index (κ3) is 2.06. The third-order valence-electron chi connectivity index (χ3n) is 3.43. The zero-order chi connectivity index (χ0) is 13.1. The molecule has 0 aromatic carbocycles. The molecule has 0 saturated carbocycles. The molecule has 6 heteroatoms. The van der Waals surface area contributed by atoms with Crippen LogP contribution in [0, 0.1) is 0 Å². The molecule has 0 amide bonds. The van der Waals surface area contributed by atoms with Crippen molar-refractivity contribution in [3.05, 3.63) is 0 Å². The number of ether oxygens (including phenoxy) is 5. The molecule has 0 bridgehead atoms. The minimum absolute atomic E-state index is 0.328. The second-order valence-corrected chi connectivity index (χ2v) is 5.88. The predicted molar refractivity (Wildman–Crippen MR) is 58.5 cm³/mol. The molecule has 0 N–H and O–H groups in total. The fourth-order valence-corrected chi connectivity index (χ4v) is 2.76. The second kappa shape index (κ2) is 3.86. The average molecular weight is 262 g/mol. The van der Waals surface area contributed by atoms with Gasteiger partial charge in [0.2, 0.25) is 6.36 Å². The van der Waals surface area contributed by atoms with Crippen molar-refractivity contribution in [2.24, 2.45) is 0 Å². The molecule has 1 unspecified atom stereocenters. The Labute approximate surface area is 105 Å². The molecule has 18 heavy (non-hydrogen) atoms. The Kier molecular flexibility index (Phi) is 2.74. The number of hydrogen-bond donors (Lipinski definition) is 0. The maximum atomic E-state index is 13.8. The Hall–Kier alpha value is -0.270. The zero-order valence-corrected chi connectivity index (χ0v) is 11.0. The standard InChI is InChI=1S/C12H19FO5/c1-11(2)14-5-6(16-11)7-8-9(10(13)15-7)18-12(3,4)17-8/h6-10H,5H2,1-4H3/t6?,7-,8+,9+,10+/m1/s1. The molecule has 5 nitrogen and oxygen atoms in total. The molecule has 3 rings (SSSR count). The Morgan fingerprint density at radius 2 is 1.56 bits per heavy atom. The van der Waals surface area contributed by atoms with Crippen molar-refractivity contribution >= 4 is 0 Å². The second-order valence-electron chi connectivity index (χ2n) is 5.88. The molecule has 3 aliphatic rings. The van der Waals surface area contributed by atoms with Gasteiger partial charge in [-0.25, -0.2) is 4.39 Å². The Morgan fingerprint density at radius 1 is 0.889 bits per heavy atom. The van der Waals surface area contributed by atoms with Gasteiger partial charge < -0.3 is 23.7 Å². The summed E-state index contributed by atoms with van der Waals surface area (Å²) in [4.78, 5) is 0. The highest BCUT2D eigenvalue weighted by molar-refractivity contribution is 4.99. The lowest BCUT2D eigenvalue weighted by Crippen LogP contribution is -2.40. The first-order valence-electron chi connectivity index (χ1n) is 6.24. The largest absolute Gasteiger partial charge is 0.348 e. The van der Waals surface area contributed by atoms with Crippen LogP contribution in [0.1, 0.15) is 27.7 Å². The lowest BCUT2D eigenvalue weighted by molar-refractivity contribution is -0.221. The fourth-order valence-electron chi connectivity index (χ4n) is 2.76. The van der Waals surface area contributed by atoms with Crippen LogP contribution in [0.25, 0.3) is 0 Å². The van der Waals surface area contributed by atoms with E-state index in [2.05, 4.69) is 0 Å². The molecule has 0 aliphatic carbocycles. The van der Waals surface area contributed by atoms with Gasteiger partial charge in [-0.3, -0.25) is 0 Å². The van der Waals surface area contributed by atoms with Crippen molar-refractivity contribution in [2.45, 2.75) is 70.0 Å². The van der Waals surface area contributed by atoms with Crippen molar-refractivity contribution in [3.8, 4) is 0 Å². The average Bonchev–Trinajstić information content (AvgIpc) is 2.81. The van der Waals surface area contributed by atoms with E-state index in [0.717, 1.165) is 0 Å². The van der Waals surface area contributed by atoms with E-state index in [1.54, 1.807) is 13.8 Å². The SMILES string of the molecule is CC1(C)OCC([C@H]2O[C@H](F)[C@H]3OC(C)(C)O[C@H]32)O1. The molecule has 5 atom stereocenters. The van der Waals surface area contributed by atoms with E-state index in [1.807, 2.05) is 13.8 Å². The van der Waals surface area contributed by atoms with Crippen molar-refractivity contribution in [3.63, 3.8) is 0 Å². The smallest absolute Gasteiger partial charge is 0.228 e. The minimum Gasteiger partial charge on any atom is -0.348 e. The van der Waals surface area contributed by atoms with Crippen molar-refractivity contribution in [1.82, 2.24) is 0 Å². The molecule has 0 aromatic rings. The monoisotopic (exact) mass is 262 g/mol. The van der Waals surface area contributed by atoms with Crippen molar-refractivity contribution in [2.75, 3.05) is 6.61 Å². The van der Waals surface area contributed by atoms with E-state index in [-0.39, 0.29) is 6.10 Å². The first kappa shape index (κ1) is 12.7. The molecule has 3 aliphatic heterocycles. The Balaban J connectivity index is 1.75. The molecule has 3 fully saturated rings. The van der Waals surface area contributed by atoms with E-state index in [4.69, 9.17) is 23.7 Å². The quantitative estimate of drug-likeness (QED) is 0.714. The number of hydrogen-bond acceptors (Lipinski definition) is 5. The highest BCUT2D eigenvalue weighted by atomic mass is 19.1. The summed E-state index contributed by atoms with van der Waals surface area (Å²) in [6.45, 7) is 7.55. The summed E-state index contributed by atoms with van der Waals surface area (Å²) in [6, 6.07) is 0. The molecule has 3 heterocycles. The summed E-state index contributed by atoms with van der Waals surface area (Å²) in [5, 5.41) is 0. The molecule has 3 saturated heterocycles. The minimum atomic E-state index is -1.48. The van der Waals surface area contributed by atoms with Gasteiger partial charge in [-0.2, -0.15) is 0 Å². The number of alkyl halides is 1. The zero-order valence-electron chi connectivity index (χ0n) is 11.0. The van der Waals surface area contributed by atoms with Gasteiger partial charge in [0.25, 0.3) is 0 Å². The van der Waals surface area contributed by atoms with E-state index in [1.165, 1.54) is 0 Å². The van der Waals surface area contributed by atoms with Crippen LogP contribution in [-0.2, 0) is 23.7 Å². The summed E-state index contributed by atoms with van der Waals surface area (Å²) in [6.07, 6.45) is -3.43. The number of halogens is 1. The van der Waals surface area contributed by atoms with Crippen molar-refractivity contribution in [1.29, 1.82) is 0 Å². The van der Waals surface area contributed by atoms with Crippen LogP contribution < -0.4 is 0 Å². The molecule has 0 radical (unpaired) electrons. The van der Waals surface area contributed by atoms with Gasteiger partial charge in [-0.05, 0) is 27.7 Å². The Bertz CT molecular complexity index is 345. The highest BCUT2D eigenvalue weighted by Gasteiger charge is 2.59. The van der Waals surface area contributed by atoms with Crippen molar-refractivity contribution < 1.29 is 28.1 Å². The molecule has 0 aromatic heterocycles. The van der Waals surface area contributed by atoms with Crippen LogP contribution in [-0.4, -0.2) is 49.0 Å². The van der Waals surface area contributed by atoms with Gasteiger partial charge >= 0.3 is 0 Å². The van der Waals surface area contributed by atoms with E-state index in [9.17, 15) is 4.39 Å². The fraction of sp³-hybridized carbons (Fsp3) is 1.00. The lowest BCUT2D eigenvalue weighted by Gasteiger charge is -2.25. The number of fused-ring (bicyclic) bond motifs is 1. The first-order chi connectivity index (χ1) is 8.27. The van der Waals surface area contributed by atoms with Crippen LogP contribution in [0.4, 0.5) is 4.39 Å². The van der Waals surface area contributed by atoms with Crippen LogP contribution in [0.3, 0.4) is 0 Å². The molecule has 0 spiro atoms. The maximum Gasteiger partial charge on any atom is 0.228 e. The molecular formula is C12H19FO5. The summed E-state index contributed by atoms with van der Waals surface area (Å²) in [5.41, 5.74) is 0. The molecular weight excluding hydrogens is 243 g/mol. The van der Waals surface area contributed by atoms with Crippen LogP contribution in [0.5, 0.6) is 0 Å². The first-order valence-corrected chi connectivity index (χ1v) is 6.24. The van der Waals surface area contributed by atoms with E-state index < -0.39 is 36.2 Å². The van der Waals surface area contributed by atoms with Crippen LogP contribution in [0.2, 0.25) is 0 Å². The molecule has 104 valence electrons. The predicted octanol–water partition coefficient (Wildman–Crippen LogP) is 1.35. The van der Waals surface area contributed by atoms with Gasteiger partial charge in [0.15, 0.2) is 11.6 Å². The van der Waals surface area contributed by atoms with Gasteiger partial charge in [0.1, 0.15) is 24.4 Å².